The normalized spacial score (nSPS) is 10.0. The molecule has 0 unspecified atom stereocenters. The molecule has 16 heavy (non-hydrogen) atoms. The number of aromatic nitrogens is 2. The van der Waals surface area contributed by atoms with Gasteiger partial charge in [-0.05, 0) is 23.8 Å². The zero-order valence-corrected chi connectivity index (χ0v) is 8.67. The van der Waals surface area contributed by atoms with Gasteiger partial charge < -0.3 is 5.11 Å². The second kappa shape index (κ2) is 4.60. The Morgan fingerprint density at radius 2 is 2.25 bits per heavy atom. The Kier molecular flexibility index (Phi) is 2.99. The van der Waals surface area contributed by atoms with E-state index in [9.17, 15) is 0 Å². The smallest absolute Gasteiger partial charge is 0.0991 e. The molecule has 1 aromatic carbocycles. The third kappa shape index (κ3) is 2.27. The van der Waals surface area contributed by atoms with Crippen LogP contribution in [-0.2, 0) is 13.2 Å². The molecule has 0 spiro atoms. The molecule has 4 heteroatoms. The van der Waals surface area contributed by atoms with E-state index in [0.717, 1.165) is 5.56 Å². The SMILES string of the molecule is N#Cc1cccc(Cn2ccc(CO)n2)c1. The molecule has 0 saturated carbocycles. The van der Waals surface area contributed by atoms with Crippen molar-refractivity contribution in [1.82, 2.24) is 9.78 Å². The number of benzene rings is 1. The zero-order valence-electron chi connectivity index (χ0n) is 8.67. The van der Waals surface area contributed by atoms with Crippen molar-refractivity contribution in [1.29, 1.82) is 5.26 Å². The minimum atomic E-state index is -0.0504. The fourth-order valence-electron chi connectivity index (χ4n) is 1.50. The highest BCUT2D eigenvalue weighted by atomic mass is 16.3. The van der Waals surface area contributed by atoms with E-state index in [-0.39, 0.29) is 6.61 Å². The molecule has 1 N–H and O–H groups in total. The van der Waals surface area contributed by atoms with Crippen LogP contribution in [0.2, 0.25) is 0 Å². The Labute approximate surface area is 93.4 Å². The number of rotatable bonds is 3. The Bertz CT molecular complexity index is 525. The Morgan fingerprint density at radius 3 is 2.94 bits per heavy atom. The molecule has 1 heterocycles. The number of aliphatic hydroxyl groups excluding tert-OH is 1. The molecule has 2 rings (SSSR count). The summed E-state index contributed by atoms with van der Waals surface area (Å²) in [5.41, 5.74) is 2.31. The van der Waals surface area contributed by atoms with Crippen molar-refractivity contribution in [2.45, 2.75) is 13.2 Å². The van der Waals surface area contributed by atoms with E-state index in [4.69, 9.17) is 10.4 Å². The minimum Gasteiger partial charge on any atom is -0.390 e. The second-order valence-corrected chi connectivity index (χ2v) is 3.47. The third-order valence-corrected chi connectivity index (χ3v) is 2.26. The summed E-state index contributed by atoms with van der Waals surface area (Å²) < 4.78 is 1.74. The van der Waals surface area contributed by atoms with Gasteiger partial charge in [-0.2, -0.15) is 10.4 Å². The molecule has 1 aromatic heterocycles. The maximum Gasteiger partial charge on any atom is 0.0991 e. The molecule has 0 saturated heterocycles. The predicted octanol–water partition coefficient (Wildman–Crippen LogP) is 1.30. The van der Waals surface area contributed by atoms with Gasteiger partial charge in [0.1, 0.15) is 0 Å². The van der Waals surface area contributed by atoms with Crippen LogP contribution in [0.5, 0.6) is 0 Å². The third-order valence-electron chi connectivity index (χ3n) is 2.26. The minimum absolute atomic E-state index is 0.0504. The molecule has 0 atom stereocenters. The number of nitrogens with zero attached hydrogens (tertiary/aromatic N) is 3. The van der Waals surface area contributed by atoms with Crippen LogP contribution in [-0.4, -0.2) is 14.9 Å². The van der Waals surface area contributed by atoms with Crippen molar-refractivity contribution in [3.63, 3.8) is 0 Å². The highest BCUT2D eigenvalue weighted by Gasteiger charge is 1.99. The van der Waals surface area contributed by atoms with Crippen LogP contribution in [0.1, 0.15) is 16.8 Å². The van der Waals surface area contributed by atoms with E-state index < -0.39 is 0 Å². The lowest BCUT2D eigenvalue weighted by molar-refractivity contribution is 0.275. The monoisotopic (exact) mass is 213 g/mol. The summed E-state index contributed by atoms with van der Waals surface area (Å²) in [6.45, 7) is 0.556. The first-order valence-electron chi connectivity index (χ1n) is 4.94. The van der Waals surface area contributed by atoms with E-state index in [1.54, 1.807) is 16.8 Å². The van der Waals surface area contributed by atoms with E-state index in [1.165, 1.54) is 0 Å². The van der Waals surface area contributed by atoms with Crippen LogP contribution in [0.4, 0.5) is 0 Å². The molecule has 0 radical (unpaired) electrons. The quantitative estimate of drug-likeness (QED) is 0.835. The lowest BCUT2D eigenvalue weighted by Crippen LogP contribution is -2.01. The highest BCUT2D eigenvalue weighted by Crippen LogP contribution is 2.06. The van der Waals surface area contributed by atoms with Crippen molar-refractivity contribution < 1.29 is 5.11 Å². The van der Waals surface area contributed by atoms with Crippen LogP contribution < -0.4 is 0 Å². The predicted molar refractivity (Wildman–Crippen MR) is 58.4 cm³/mol. The molecule has 0 aliphatic heterocycles. The summed E-state index contributed by atoms with van der Waals surface area (Å²) in [5, 5.41) is 21.8. The fourth-order valence-corrected chi connectivity index (χ4v) is 1.50. The van der Waals surface area contributed by atoms with Crippen molar-refractivity contribution in [2.24, 2.45) is 0 Å². The summed E-state index contributed by atoms with van der Waals surface area (Å²) >= 11 is 0. The lowest BCUT2D eigenvalue weighted by Gasteiger charge is -2.01. The first-order valence-corrected chi connectivity index (χ1v) is 4.94. The first kappa shape index (κ1) is 10.4. The van der Waals surface area contributed by atoms with E-state index >= 15 is 0 Å². The van der Waals surface area contributed by atoms with Crippen LogP contribution in [0.25, 0.3) is 0 Å². The van der Waals surface area contributed by atoms with Crippen LogP contribution in [0.15, 0.2) is 36.5 Å². The van der Waals surface area contributed by atoms with Crippen LogP contribution in [0, 0.1) is 11.3 Å². The number of aliphatic hydroxyl groups is 1. The molecular weight excluding hydrogens is 202 g/mol. The maximum atomic E-state index is 8.88. The molecular formula is C12H11N3O. The molecule has 0 bridgehead atoms. The van der Waals surface area contributed by atoms with Crippen molar-refractivity contribution in [3.05, 3.63) is 53.3 Å². The van der Waals surface area contributed by atoms with Gasteiger partial charge in [0.15, 0.2) is 0 Å². The van der Waals surface area contributed by atoms with E-state index in [0.29, 0.717) is 17.8 Å². The maximum absolute atomic E-state index is 8.88. The topological polar surface area (TPSA) is 61.8 Å². The first-order chi connectivity index (χ1) is 7.81. The molecule has 0 amide bonds. The van der Waals surface area contributed by atoms with E-state index in [1.807, 2.05) is 24.4 Å². The zero-order chi connectivity index (χ0) is 11.4. The van der Waals surface area contributed by atoms with Gasteiger partial charge in [0, 0.05) is 6.20 Å². The molecule has 80 valence electrons. The molecule has 0 aliphatic rings. The number of hydrogen-bond acceptors (Lipinski definition) is 3. The Balaban J connectivity index is 2.17. The molecule has 4 nitrogen and oxygen atoms in total. The summed E-state index contributed by atoms with van der Waals surface area (Å²) in [5.74, 6) is 0. The van der Waals surface area contributed by atoms with Gasteiger partial charge in [-0.1, -0.05) is 12.1 Å². The van der Waals surface area contributed by atoms with Crippen molar-refractivity contribution >= 4 is 0 Å². The molecule has 0 fully saturated rings. The summed E-state index contributed by atoms with van der Waals surface area (Å²) in [7, 11) is 0. The Hall–Kier alpha value is -2.12. The molecule has 2 aromatic rings. The second-order valence-electron chi connectivity index (χ2n) is 3.47. The lowest BCUT2D eigenvalue weighted by atomic mass is 10.1. The largest absolute Gasteiger partial charge is 0.390 e. The highest BCUT2D eigenvalue weighted by molar-refractivity contribution is 5.32. The van der Waals surface area contributed by atoms with Gasteiger partial charge >= 0.3 is 0 Å². The van der Waals surface area contributed by atoms with Crippen molar-refractivity contribution in [2.75, 3.05) is 0 Å². The average molecular weight is 213 g/mol. The summed E-state index contributed by atoms with van der Waals surface area (Å²) in [6, 6.07) is 11.3. The van der Waals surface area contributed by atoms with Gasteiger partial charge in [-0.25, -0.2) is 0 Å². The Morgan fingerprint density at radius 1 is 1.38 bits per heavy atom. The average Bonchev–Trinajstić information content (AvgIpc) is 2.77. The standard InChI is InChI=1S/C12H11N3O/c13-7-10-2-1-3-11(6-10)8-15-5-4-12(9-16)14-15/h1-6,16H,8-9H2. The van der Waals surface area contributed by atoms with Gasteiger partial charge in [-0.15, -0.1) is 0 Å². The summed E-state index contributed by atoms with van der Waals surface area (Å²) in [4.78, 5) is 0. The van der Waals surface area contributed by atoms with Crippen LogP contribution in [0.3, 0.4) is 0 Å². The van der Waals surface area contributed by atoms with E-state index in [2.05, 4.69) is 11.2 Å². The van der Waals surface area contributed by atoms with Crippen molar-refractivity contribution in [3.8, 4) is 6.07 Å². The number of hydrogen-bond donors (Lipinski definition) is 1. The fraction of sp³-hybridized carbons (Fsp3) is 0.167. The van der Waals surface area contributed by atoms with Gasteiger partial charge in [0.05, 0.1) is 30.5 Å². The summed E-state index contributed by atoms with van der Waals surface area (Å²) in [6.07, 6.45) is 1.81. The number of nitriles is 1. The van der Waals surface area contributed by atoms with Gasteiger partial charge in [0.25, 0.3) is 0 Å². The van der Waals surface area contributed by atoms with Crippen LogP contribution >= 0.6 is 0 Å². The van der Waals surface area contributed by atoms with Gasteiger partial charge in [0.2, 0.25) is 0 Å². The van der Waals surface area contributed by atoms with Gasteiger partial charge in [-0.3, -0.25) is 4.68 Å². The molecule has 0 aliphatic carbocycles.